The number of ether oxygens (including phenoxy) is 1. The Bertz CT molecular complexity index is 530. The largest absolute Gasteiger partial charge is 0.393 e. The van der Waals surface area contributed by atoms with E-state index < -0.39 is 0 Å². The van der Waals surface area contributed by atoms with Crippen molar-refractivity contribution < 1.29 is 14.3 Å². The molecule has 0 aromatic rings. The Morgan fingerprint density at radius 2 is 0.650 bits per heavy atom. The molecule has 0 amide bonds. The van der Waals surface area contributed by atoms with Crippen LogP contribution in [0.15, 0.2) is 0 Å². The maximum atomic E-state index is 11.9. The van der Waals surface area contributed by atoms with Crippen LogP contribution < -0.4 is 0 Å². The molecule has 238 valence electrons. The summed E-state index contributed by atoms with van der Waals surface area (Å²) in [5.41, 5.74) is 0. The molecule has 0 aromatic heterocycles. The van der Waals surface area contributed by atoms with Gasteiger partial charge < -0.3 is 4.74 Å². The highest BCUT2D eigenvalue weighted by atomic mass is 16.6. The van der Waals surface area contributed by atoms with Gasteiger partial charge in [0.1, 0.15) is 0 Å². The van der Waals surface area contributed by atoms with E-state index in [1.165, 1.54) is 161 Å². The molecule has 0 rings (SSSR count). The molecule has 0 saturated carbocycles. The Balaban J connectivity index is 3.33. The van der Waals surface area contributed by atoms with E-state index in [9.17, 15) is 9.59 Å². The second kappa shape index (κ2) is 32.7. The fourth-order valence-corrected chi connectivity index (χ4v) is 5.76. The van der Waals surface area contributed by atoms with Crippen LogP contribution in [0.25, 0.3) is 0 Å². The predicted molar refractivity (Wildman–Crippen MR) is 175 cm³/mol. The normalized spacial score (nSPS) is 12.1. The summed E-state index contributed by atoms with van der Waals surface area (Å²) >= 11 is 0. The molecule has 0 fully saturated rings. The molecule has 1 atom stereocenters. The summed E-state index contributed by atoms with van der Waals surface area (Å²) in [5.74, 6) is 0.248. The molecule has 0 bridgehead atoms. The maximum Gasteiger partial charge on any atom is 0.313 e. The van der Waals surface area contributed by atoms with Crippen molar-refractivity contribution in [3.8, 4) is 0 Å². The van der Waals surface area contributed by atoms with Gasteiger partial charge in [-0.3, -0.25) is 9.59 Å². The van der Waals surface area contributed by atoms with Crippen LogP contribution in [-0.4, -0.2) is 11.9 Å². The van der Waals surface area contributed by atoms with Gasteiger partial charge in [0.05, 0.1) is 0 Å². The van der Waals surface area contributed by atoms with Gasteiger partial charge in [-0.2, -0.15) is 0 Å². The van der Waals surface area contributed by atoms with Crippen LogP contribution in [0.3, 0.4) is 0 Å². The zero-order valence-electron chi connectivity index (χ0n) is 27.7. The van der Waals surface area contributed by atoms with E-state index in [0.717, 1.165) is 31.6 Å². The van der Waals surface area contributed by atoms with E-state index in [1.54, 1.807) is 0 Å². The zero-order chi connectivity index (χ0) is 29.4. The minimum atomic E-state index is -0.324. The van der Waals surface area contributed by atoms with E-state index in [0.29, 0.717) is 12.8 Å². The second-order valence-electron chi connectivity index (χ2n) is 12.9. The Morgan fingerprint density at radius 1 is 0.400 bits per heavy atom. The minimum Gasteiger partial charge on any atom is -0.393 e. The summed E-state index contributed by atoms with van der Waals surface area (Å²) < 4.78 is 5.02. The van der Waals surface area contributed by atoms with Crippen molar-refractivity contribution in [3.63, 3.8) is 0 Å². The van der Waals surface area contributed by atoms with Gasteiger partial charge in [-0.25, -0.2) is 0 Å². The van der Waals surface area contributed by atoms with E-state index in [1.807, 2.05) is 0 Å². The molecular formula is C37H72O3. The molecule has 0 aliphatic carbocycles. The molecule has 40 heavy (non-hydrogen) atoms. The molecule has 0 spiro atoms. The molecule has 0 aliphatic rings. The Hall–Kier alpha value is -0.860. The van der Waals surface area contributed by atoms with Crippen molar-refractivity contribution in [2.75, 3.05) is 0 Å². The summed E-state index contributed by atoms with van der Waals surface area (Å²) in [6.45, 7) is 6.98. The van der Waals surface area contributed by atoms with Crippen molar-refractivity contribution in [3.05, 3.63) is 0 Å². The first kappa shape index (κ1) is 39.1. The fraction of sp³-hybridized carbons (Fsp3) is 0.946. The van der Waals surface area contributed by atoms with Crippen LogP contribution in [0.2, 0.25) is 0 Å². The molecule has 0 saturated heterocycles. The first-order valence-electron chi connectivity index (χ1n) is 18.3. The Morgan fingerprint density at radius 3 is 0.975 bits per heavy atom. The van der Waals surface area contributed by atoms with Crippen LogP contribution in [-0.2, 0) is 14.3 Å². The van der Waals surface area contributed by atoms with Crippen LogP contribution in [0.5, 0.6) is 0 Å². The molecule has 0 aromatic carbocycles. The summed E-state index contributed by atoms with van der Waals surface area (Å²) in [4.78, 5) is 23.9. The Labute approximate surface area is 251 Å². The molecule has 0 radical (unpaired) electrons. The third-order valence-corrected chi connectivity index (χ3v) is 8.59. The number of carbonyl (C=O) groups is 2. The van der Waals surface area contributed by atoms with Crippen molar-refractivity contribution in [2.24, 2.45) is 5.92 Å². The van der Waals surface area contributed by atoms with Crippen LogP contribution in [0.4, 0.5) is 0 Å². The molecule has 1 unspecified atom stereocenters. The lowest BCUT2D eigenvalue weighted by Crippen LogP contribution is -2.11. The first-order valence-corrected chi connectivity index (χ1v) is 18.3. The van der Waals surface area contributed by atoms with Crippen molar-refractivity contribution in [2.45, 2.75) is 220 Å². The summed E-state index contributed by atoms with van der Waals surface area (Å²) in [6.07, 6.45) is 38.6. The fourth-order valence-electron chi connectivity index (χ4n) is 5.76. The number of hydrogen-bond donors (Lipinski definition) is 0. The second-order valence-corrected chi connectivity index (χ2v) is 12.9. The lowest BCUT2D eigenvalue weighted by molar-refractivity contribution is -0.159. The van der Waals surface area contributed by atoms with Gasteiger partial charge in [0, 0.05) is 12.8 Å². The standard InChI is InChI=1S/C37H72O3/c1-4-6-8-10-11-12-13-14-15-16-17-18-22-25-29-33-36(38)40-37(39)34-30-26-23-20-19-21-24-28-32-35(3)31-27-9-7-5-2/h35H,4-34H2,1-3H3. The zero-order valence-corrected chi connectivity index (χ0v) is 27.7. The van der Waals surface area contributed by atoms with Crippen molar-refractivity contribution >= 4 is 11.9 Å². The Kier molecular flexibility index (Phi) is 31.9. The van der Waals surface area contributed by atoms with E-state index in [4.69, 9.17) is 4.74 Å². The van der Waals surface area contributed by atoms with E-state index in [2.05, 4.69) is 20.8 Å². The van der Waals surface area contributed by atoms with Crippen LogP contribution >= 0.6 is 0 Å². The molecule has 0 heterocycles. The molecule has 3 heteroatoms. The van der Waals surface area contributed by atoms with Gasteiger partial charge in [-0.15, -0.1) is 0 Å². The van der Waals surface area contributed by atoms with Crippen LogP contribution in [0.1, 0.15) is 220 Å². The smallest absolute Gasteiger partial charge is 0.313 e. The SMILES string of the molecule is CCCCCCCCCCCCCCCCCC(=O)OC(=O)CCCCCCCCCCC(C)CCCCCC. The van der Waals surface area contributed by atoms with Gasteiger partial charge in [0.25, 0.3) is 0 Å². The highest BCUT2D eigenvalue weighted by molar-refractivity contribution is 5.85. The quantitative estimate of drug-likeness (QED) is 0.0463. The molecule has 3 nitrogen and oxygen atoms in total. The van der Waals surface area contributed by atoms with Gasteiger partial charge in [0.2, 0.25) is 0 Å². The van der Waals surface area contributed by atoms with Gasteiger partial charge in [0.15, 0.2) is 0 Å². The average Bonchev–Trinajstić information content (AvgIpc) is 2.94. The average molecular weight is 565 g/mol. The highest BCUT2D eigenvalue weighted by Gasteiger charge is 2.10. The van der Waals surface area contributed by atoms with Gasteiger partial charge in [-0.05, 0) is 18.8 Å². The number of unbranched alkanes of at least 4 members (excludes halogenated alkanes) is 24. The van der Waals surface area contributed by atoms with E-state index in [-0.39, 0.29) is 11.9 Å². The maximum absolute atomic E-state index is 11.9. The van der Waals surface area contributed by atoms with Crippen molar-refractivity contribution in [1.29, 1.82) is 0 Å². The summed E-state index contributed by atoms with van der Waals surface area (Å²) in [5, 5.41) is 0. The summed E-state index contributed by atoms with van der Waals surface area (Å²) in [7, 11) is 0. The van der Waals surface area contributed by atoms with E-state index >= 15 is 0 Å². The third kappa shape index (κ3) is 31.7. The number of hydrogen-bond acceptors (Lipinski definition) is 3. The third-order valence-electron chi connectivity index (χ3n) is 8.59. The lowest BCUT2D eigenvalue weighted by atomic mass is 9.96. The lowest BCUT2D eigenvalue weighted by Gasteiger charge is -2.10. The monoisotopic (exact) mass is 565 g/mol. The number of carbonyl (C=O) groups excluding carboxylic acids is 2. The van der Waals surface area contributed by atoms with Crippen LogP contribution in [0, 0.1) is 5.92 Å². The molecule has 0 aliphatic heterocycles. The number of rotatable bonds is 32. The first-order chi connectivity index (χ1) is 19.6. The topological polar surface area (TPSA) is 43.4 Å². The predicted octanol–water partition coefficient (Wildman–Crippen LogP) is 12.8. The number of esters is 2. The minimum absolute atomic E-state index is 0.324. The summed E-state index contributed by atoms with van der Waals surface area (Å²) in [6, 6.07) is 0. The molecule has 0 N–H and O–H groups in total. The van der Waals surface area contributed by atoms with Gasteiger partial charge in [-0.1, -0.05) is 194 Å². The van der Waals surface area contributed by atoms with Crippen molar-refractivity contribution in [1.82, 2.24) is 0 Å². The van der Waals surface area contributed by atoms with Gasteiger partial charge >= 0.3 is 11.9 Å². The molecular weight excluding hydrogens is 492 g/mol. The highest BCUT2D eigenvalue weighted by Crippen LogP contribution is 2.19.